The Morgan fingerprint density at radius 1 is 1.44 bits per heavy atom. The Labute approximate surface area is 111 Å². The van der Waals surface area contributed by atoms with Gasteiger partial charge in [-0.05, 0) is 30.4 Å². The molecular weight excluding hydrogens is 250 g/mol. The van der Waals surface area contributed by atoms with Crippen LogP contribution in [0.15, 0.2) is 11.4 Å². The highest BCUT2D eigenvalue weighted by Crippen LogP contribution is 2.16. The van der Waals surface area contributed by atoms with Crippen LogP contribution in [0.4, 0.5) is 4.79 Å². The zero-order valence-corrected chi connectivity index (χ0v) is 11.7. The van der Waals surface area contributed by atoms with Crippen LogP contribution in [0, 0.1) is 0 Å². The number of nitrogens with one attached hydrogen (secondary N) is 3. The summed E-state index contributed by atoms with van der Waals surface area (Å²) >= 11 is 1.67. The molecule has 1 unspecified atom stereocenters. The molecule has 1 rings (SSSR count). The SMILES string of the molecule is CCc1ccsc1CNC(C)C(=O)NC(=O)NC. The van der Waals surface area contributed by atoms with Gasteiger partial charge in [0.1, 0.15) is 0 Å². The second-order valence-corrected chi connectivity index (χ2v) is 4.89. The van der Waals surface area contributed by atoms with Crippen LogP contribution in [0.1, 0.15) is 24.3 Å². The van der Waals surface area contributed by atoms with E-state index in [0.29, 0.717) is 6.54 Å². The maximum absolute atomic E-state index is 11.6. The van der Waals surface area contributed by atoms with Crippen LogP contribution in [0.5, 0.6) is 0 Å². The van der Waals surface area contributed by atoms with E-state index in [-0.39, 0.29) is 5.91 Å². The smallest absolute Gasteiger partial charge is 0.321 e. The van der Waals surface area contributed by atoms with Crippen LogP contribution in [0.2, 0.25) is 0 Å². The fourth-order valence-corrected chi connectivity index (χ4v) is 2.39. The van der Waals surface area contributed by atoms with Gasteiger partial charge in [0, 0.05) is 18.5 Å². The van der Waals surface area contributed by atoms with Crippen LogP contribution in [-0.2, 0) is 17.8 Å². The van der Waals surface area contributed by atoms with E-state index < -0.39 is 12.1 Å². The number of imide groups is 1. The lowest BCUT2D eigenvalue weighted by Crippen LogP contribution is -2.47. The molecule has 0 aliphatic rings. The Morgan fingerprint density at radius 3 is 2.78 bits per heavy atom. The van der Waals surface area contributed by atoms with Crippen LogP contribution in [0.3, 0.4) is 0 Å². The average Bonchev–Trinajstić information content (AvgIpc) is 2.82. The first-order valence-corrected chi connectivity index (χ1v) is 6.77. The summed E-state index contributed by atoms with van der Waals surface area (Å²) in [5.74, 6) is -0.330. The second-order valence-electron chi connectivity index (χ2n) is 3.89. The fraction of sp³-hybridized carbons (Fsp3) is 0.500. The van der Waals surface area contributed by atoms with Gasteiger partial charge < -0.3 is 10.6 Å². The van der Waals surface area contributed by atoms with Gasteiger partial charge >= 0.3 is 6.03 Å². The average molecular weight is 269 g/mol. The molecule has 3 N–H and O–H groups in total. The summed E-state index contributed by atoms with van der Waals surface area (Å²) in [4.78, 5) is 23.8. The summed E-state index contributed by atoms with van der Waals surface area (Å²) in [7, 11) is 1.47. The Morgan fingerprint density at radius 2 is 2.17 bits per heavy atom. The Kier molecular flexibility index (Phi) is 5.80. The van der Waals surface area contributed by atoms with Crippen molar-refractivity contribution in [2.45, 2.75) is 32.9 Å². The van der Waals surface area contributed by atoms with E-state index in [2.05, 4.69) is 28.9 Å². The number of hydrogen-bond acceptors (Lipinski definition) is 4. The predicted octanol–water partition coefficient (Wildman–Crippen LogP) is 1.24. The van der Waals surface area contributed by atoms with Gasteiger partial charge in [-0.2, -0.15) is 0 Å². The molecule has 0 aromatic carbocycles. The second kappa shape index (κ2) is 7.13. The molecule has 1 aromatic heterocycles. The summed E-state index contributed by atoms with van der Waals surface area (Å²) < 4.78 is 0. The molecule has 0 aliphatic heterocycles. The summed E-state index contributed by atoms with van der Waals surface area (Å²) in [5.41, 5.74) is 1.30. The van der Waals surface area contributed by atoms with Crippen molar-refractivity contribution in [3.05, 3.63) is 21.9 Å². The summed E-state index contributed by atoms with van der Waals surface area (Å²) in [6, 6.07) is 1.20. The Bertz CT molecular complexity index is 417. The highest BCUT2D eigenvalue weighted by molar-refractivity contribution is 7.10. The van der Waals surface area contributed by atoms with Gasteiger partial charge in [-0.3, -0.25) is 10.1 Å². The minimum absolute atomic E-state index is 0.330. The number of carbonyl (C=O) groups excluding carboxylic acids is 2. The molecule has 5 nitrogen and oxygen atoms in total. The van der Waals surface area contributed by atoms with Crippen molar-refractivity contribution < 1.29 is 9.59 Å². The molecule has 18 heavy (non-hydrogen) atoms. The topological polar surface area (TPSA) is 70.2 Å². The van der Waals surface area contributed by atoms with Crippen molar-refractivity contribution in [3.63, 3.8) is 0 Å². The van der Waals surface area contributed by atoms with Crippen molar-refractivity contribution in [1.82, 2.24) is 16.0 Å². The van der Waals surface area contributed by atoms with E-state index in [0.717, 1.165) is 6.42 Å². The van der Waals surface area contributed by atoms with Crippen LogP contribution in [-0.4, -0.2) is 25.0 Å². The zero-order valence-electron chi connectivity index (χ0n) is 10.9. The highest BCUT2D eigenvalue weighted by Gasteiger charge is 2.15. The lowest BCUT2D eigenvalue weighted by atomic mass is 10.2. The standard InChI is InChI=1S/C12H19N3O2S/c1-4-9-5-6-18-10(9)7-14-8(2)11(16)15-12(17)13-3/h5-6,8,14H,4,7H2,1-3H3,(H2,13,15,16,17). The summed E-state index contributed by atoms with van der Waals surface area (Å²) in [5, 5.41) is 9.74. The number of amides is 3. The van der Waals surface area contributed by atoms with Gasteiger partial charge in [0.15, 0.2) is 0 Å². The van der Waals surface area contributed by atoms with E-state index in [9.17, 15) is 9.59 Å². The van der Waals surface area contributed by atoms with Gasteiger partial charge in [-0.25, -0.2) is 4.79 Å². The summed E-state index contributed by atoms with van der Waals surface area (Å²) in [6.07, 6.45) is 0.985. The number of urea groups is 1. The molecule has 1 atom stereocenters. The lowest BCUT2D eigenvalue weighted by molar-refractivity contribution is -0.121. The highest BCUT2D eigenvalue weighted by atomic mass is 32.1. The molecule has 0 saturated carbocycles. The molecule has 0 bridgehead atoms. The lowest BCUT2D eigenvalue weighted by Gasteiger charge is -2.13. The molecular formula is C12H19N3O2S. The summed E-state index contributed by atoms with van der Waals surface area (Å²) in [6.45, 7) is 4.48. The van der Waals surface area contributed by atoms with E-state index in [1.165, 1.54) is 17.5 Å². The number of thiophene rings is 1. The maximum Gasteiger partial charge on any atom is 0.321 e. The van der Waals surface area contributed by atoms with Crippen LogP contribution in [0.25, 0.3) is 0 Å². The van der Waals surface area contributed by atoms with E-state index >= 15 is 0 Å². The zero-order chi connectivity index (χ0) is 13.5. The number of carbonyl (C=O) groups is 2. The van der Waals surface area contributed by atoms with E-state index in [1.54, 1.807) is 18.3 Å². The minimum atomic E-state index is -0.487. The van der Waals surface area contributed by atoms with Gasteiger partial charge in [0.25, 0.3) is 0 Å². The van der Waals surface area contributed by atoms with E-state index in [1.807, 2.05) is 5.38 Å². The fourth-order valence-electron chi connectivity index (χ4n) is 1.46. The van der Waals surface area contributed by atoms with Gasteiger partial charge in [-0.1, -0.05) is 6.92 Å². The van der Waals surface area contributed by atoms with Gasteiger partial charge in [0.05, 0.1) is 6.04 Å². The molecule has 3 amide bonds. The predicted molar refractivity (Wildman–Crippen MR) is 72.6 cm³/mol. The molecule has 0 radical (unpaired) electrons. The third-order valence-corrected chi connectivity index (χ3v) is 3.61. The van der Waals surface area contributed by atoms with Gasteiger partial charge in [-0.15, -0.1) is 11.3 Å². The molecule has 0 spiro atoms. The third-order valence-electron chi connectivity index (χ3n) is 2.64. The van der Waals surface area contributed by atoms with Gasteiger partial charge in [0.2, 0.25) is 5.91 Å². The van der Waals surface area contributed by atoms with E-state index in [4.69, 9.17) is 0 Å². The molecule has 0 saturated heterocycles. The first kappa shape index (κ1) is 14.7. The molecule has 100 valence electrons. The largest absolute Gasteiger partial charge is 0.341 e. The van der Waals surface area contributed by atoms with Crippen LogP contribution >= 0.6 is 11.3 Å². The Hall–Kier alpha value is -1.40. The monoisotopic (exact) mass is 269 g/mol. The van der Waals surface area contributed by atoms with Crippen molar-refractivity contribution in [2.75, 3.05) is 7.05 Å². The normalized spacial score (nSPS) is 11.9. The first-order chi connectivity index (χ1) is 8.58. The molecule has 1 heterocycles. The minimum Gasteiger partial charge on any atom is -0.341 e. The first-order valence-electron chi connectivity index (χ1n) is 5.89. The molecule has 0 aliphatic carbocycles. The quantitative estimate of drug-likeness (QED) is 0.753. The van der Waals surface area contributed by atoms with Crippen molar-refractivity contribution >= 4 is 23.3 Å². The molecule has 0 fully saturated rings. The number of rotatable bonds is 5. The Balaban J connectivity index is 2.43. The van der Waals surface area contributed by atoms with Crippen LogP contribution < -0.4 is 16.0 Å². The molecule has 1 aromatic rings. The van der Waals surface area contributed by atoms with Crippen molar-refractivity contribution in [3.8, 4) is 0 Å². The molecule has 6 heteroatoms. The van der Waals surface area contributed by atoms with Crippen molar-refractivity contribution in [2.24, 2.45) is 0 Å². The van der Waals surface area contributed by atoms with Crippen molar-refractivity contribution in [1.29, 1.82) is 0 Å². The third kappa shape index (κ3) is 4.12. The maximum atomic E-state index is 11.6. The number of aryl methyl sites for hydroxylation is 1. The number of hydrogen-bond donors (Lipinski definition) is 3.